The van der Waals surface area contributed by atoms with E-state index in [1.165, 1.54) is 0 Å². The van der Waals surface area contributed by atoms with E-state index in [4.69, 9.17) is 0 Å². The van der Waals surface area contributed by atoms with Crippen molar-refractivity contribution in [3.63, 3.8) is 0 Å². The summed E-state index contributed by atoms with van der Waals surface area (Å²) in [4.78, 5) is 10.7. The maximum Gasteiger partial charge on any atom is 0.273 e. The van der Waals surface area contributed by atoms with E-state index in [9.17, 15) is 10.1 Å². The van der Waals surface area contributed by atoms with Gasteiger partial charge in [-0.2, -0.15) is 0 Å². The van der Waals surface area contributed by atoms with Gasteiger partial charge < -0.3 is 5.32 Å². The molecular formula is C14H21BrN2O2. The van der Waals surface area contributed by atoms with Gasteiger partial charge >= 0.3 is 0 Å². The number of rotatable bonds is 7. The fourth-order valence-corrected chi connectivity index (χ4v) is 2.55. The van der Waals surface area contributed by atoms with Gasteiger partial charge in [0, 0.05) is 22.1 Å². The Kier molecular flexibility index (Phi) is 6.45. The van der Waals surface area contributed by atoms with Gasteiger partial charge in [-0.15, -0.1) is 0 Å². The van der Waals surface area contributed by atoms with Crippen molar-refractivity contribution >= 4 is 21.6 Å². The highest BCUT2D eigenvalue weighted by molar-refractivity contribution is 9.10. The first-order valence-corrected chi connectivity index (χ1v) is 7.33. The first kappa shape index (κ1) is 16.1. The van der Waals surface area contributed by atoms with E-state index in [0.29, 0.717) is 12.0 Å². The Morgan fingerprint density at radius 3 is 2.63 bits per heavy atom. The fraction of sp³-hybridized carbons (Fsp3) is 0.571. The Morgan fingerprint density at radius 2 is 2.11 bits per heavy atom. The average Bonchev–Trinajstić information content (AvgIpc) is 2.34. The second-order valence-corrected chi connectivity index (χ2v) is 6.10. The smallest absolute Gasteiger partial charge is 0.273 e. The van der Waals surface area contributed by atoms with Crippen LogP contribution in [-0.4, -0.2) is 18.0 Å². The molecule has 106 valence electrons. The minimum Gasteiger partial charge on any atom is -0.317 e. The van der Waals surface area contributed by atoms with Crippen LogP contribution < -0.4 is 5.32 Å². The molecule has 4 nitrogen and oxygen atoms in total. The van der Waals surface area contributed by atoms with Crippen LogP contribution in [0.3, 0.4) is 0 Å². The second-order valence-electron chi connectivity index (χ2n) is 5.18. The summed E-state index contributed by atoms with van der Waals surface area (Å²) >= 11 is 3.27. The second kappa shape index (κ2) is 7.60. The first-order chi connectivity index (χ1) is 8.93. The zero-order valence-corrected chi connectivity index (χ0v) is 13.2. The SMILES string of the molecule is CNC(CCc1ccc(Br)cc1[N+](=O)[O-])CC(C)C. The van der Waals surface area contributed by atoms with Crippen molar-refractivity contribution in [3.8, 4) is 0 Å². The van der Waals surface area contributed by atoms with E-state index in [1.807, 2.05) is 19.2 Å². The molecule has 5 heteroatoms. The highest BCUT2D eigenvalue weighted by Crippen LogP contribution is 2.25. The lowest BCUT2D eigenvalue weighted by atomic mass is 9.97. The Bertz CT molecular complexity index is 435. The highest BCUT2D eigenvalue weighted by Gasteiger charge is 2.16. The molecule has 1 atom stereocenters. The molecule has 0 bridgehead atoms. The number of nitro groups is 1. The molecule has 0 aliphatic heterocycles. The Balaban J connectivity index is 2.74. The molecule has 19 heavy (non-hydrogen) atoms. The molecule has 0 saturated carbocycles. The van der Waals surface area contributed by atoms with Crippen LogP contribution in [0.4, 0.5) is 5.69 Å². The maximum atomic E-state index is 11.0. The molecule has 0 aliphatic rings. The van der Waals surface area contributed by atoms with Gasteiger partial charge in [0.2, 0.25) is 0 Å². The predicted octanol–water partition coefficient (Wildman–Crippen LogP) is 3.92. The minimum absolute atomic E-state index is 0.203. The summed E-state index contributed by atoms with van der Waals surface area (Å²) in [6, 6.07) is 5.68. The van der Waals surface area contributed by atoms with Gasteiger partial charge in [0.05, 0.1) is 4.92 Å². The van der Waals surface area contributed by atoms with Crippen molar-refractivity contribution in [2.24, 2.45) is 5.92 Å². The van der Waals surface area contributed by atoms with E-state index in [-0.39, 0.29) is 10.6 Å². The standard InChI is InChI=1S/C14H21BrN2O2/c1-10(2)8-13(16-3)7-5-11-4-6-12(15)9-14(11)17(18)19/h4,6,9-10,13,16H,5,7-8H2,1-3H3. The van der Waals surface area contributed by atoms with Gasteiger partial charge in [0.15, 0.2) is 0 Å². The van der Waals surface area contributed by atoms with Crippen molar-refractivity contribution in [2.45, 2.75) is 39.2 Å². The number of nitrogens with one attached hydrogen (secondary N) is 1. The summed E-state index contributed by atoms with van der Waals surface area (Å²) in [5, 5.41) is 14.3. The van der Waals surface area contributed by atoms with E-state index in [2.05, 4.69) is 35.1 Å². The lowest BCUT2D eigenvalue weighted by molar-refractivity contribution is -0.385. The molecule has 0 amide bonds. The van der Waals surface area contributed by atoms with Crippen LogP contribution in [-0.2, 0) is 6.42 Å². The first-order valence-electron chi connectivity index (χ1n) is 6.54. The molecule has 1 rings (SSSR count). The molecule has 1 N–H and O–H groups in total. The van der Waals surface area contributed by atoms with Crippen LogP contribution in [0.2, 0.25) is 0 Å². The Morgan fingerprint density at radius 1 is 1.42 bits per heavy atom. The molecule has 0 fully saturated rings. The summed E-state index contributed by atoms with van der Waals surface area (Å²) < 4.78 is 0.746. The molecule has 0 saturated heterocycles. The van der Waals surface area contributed by atoms with Crippen molar-refractivity contribution in [2.75, 3.05) is 7.05 Å². The summed E-state index contributed by atoms with van der Waals surface area (Å²) in [7, 11) is 1.95. The van der Waals surface area contributed by atoms with E-state index in [0.717, 1.165) is 29.3 Å². The topological polar surface area (TPSA) is 55.2 Å². The van der Waals surface area contributed by atoms with Crippen LogP contribution in [0.5, 0.6) is 0 Å². The third-order valence-electron chi connectivity index (χ3n) is 3.17. The van der Waals surface area contributed by atoms with Crippen LogP contribution in [0.1, 0.15) is 32.3 Å². The molecular weight excluding hydrogens is 308 g/mol. The van der Waals surface area contributed by atoms with Crippen LogP contribution in [0.25, 0.3) is 0 Å². The summed E-state index contributed by atoms with van der Waals surface area (Å²) in [5.41, 5.74) is 1.01. The van der Waals surface area contributed by atoms with Gasteiger partial charge in [-0.25, -0.2) is 0 Å². The van der Waals surface area contributed by atoms with Crippen LogP contribution in [0, 0.1) is 16.0 Å². The predicted molar refractivity (Wildman–Crippen MR) is 81.4 cm³/mol. The van der Waals surface area contributed by atoms with Crippen molar-refractivity contribution in [1.29, 1.82) is 0 Å². The lowest BCUT2D eigenvalue weighted by Crippen LogP contribution is -2.27. The molecule has 1 aromatic rings. The summed E-state index contributed by atoms with van der Waals surface area (Å²) in [6.45, 7) is 4.37. The number of aryl methyl sites for hydroxylation is 1. The summed E-state index contributed by atoms with van der Waals surface area (Å²) in [6.07, 6.45) is 2.72. The maximum absolute atomic E-state index is 11.0. The number of nitro benzene ring substituents is 1. The third-order valence-corrected chi connectivity index (χ3v) is 3.66. The number of hydrogen-bond acceptors (Lipinski definition) is 3. The zero-order chi connectivity index (χ0) is 14.4. The highest BCUT2D eigenvalue weighted by atomic mass is 79.9. The monoisotopic (exact) mass is 328 g/mol. The molecule has 0 heterocycles. The zero-order valence-electron chi connectivity index (χ0n) is 11.6. The molecule has 0 radical (unpaired) electrons. The lowest BCUT2D eigenvalue weighted by Gasteiger charge is -2.18. The molecule has 1 unspecified atom stereocenters. The van der Waals surface area contributed by atoms with Gasteiger partial charge in [-0.1, -0.05) is 35.8 Å². The fourth-order valence-electron chi connectivity index (χ4n) is 2.20. The normalized spacial score (nSPS) is 12.7. The minimum atomic E-state index is -0.309. The number of halogens is 1. The number of hydrogen-bond donors (Lipinski definition) is 1. The Labute approximate surface area is 122 Å². The average molecular weight is 329 g/mol. The molecule has 0 spiro atoms. The summed E-state index contributed by atoms with van der Waals surface area (Å²) in [5.74, 6) is 0.623. The van der Waals surface area contributed by atoms with Gasteiger partial charge in [0.1, 0.15) is 0 Å². The number of benzene rings is 1. The van der Waals surface area contributed by atoms with E-state index >= 15 is 0 Å². The third kappa shape index (κ3) is 5.28. The molecule has 0 aliphatic carbocycles. The largest absolute Gasteiger partial charge is 0.317 e. The molecule has 0 aromatic heterocycles. The molecule has 1 aromatic carbocycles. The van der Waals surface area contributed by atoms with Crippen molar-refractivity contribution < 1.29 is 4.92 Å². The van der Waals surface area contributed by atoms with Crippen molar-refractivity contribution in [3.05, 3.63) is 38.3 Å². The number of nitrogens with zero attached hydrogens (tertiary/aromatic N) is 1. The van der Waals surface area contributed by atoms with Gasteiger partial charge in [-0.3, -0.25) is 10.1 Å². The van der Waals surface area contributed by atoms with Gasteiger partial charge in [0.25, 0.3) is 5.69 Å². The van der Waals surface area contributed by atoms with Crippen molar-refractivity contribution in [1.82, 2.24) is 5.32 Å². The van der Waals surface area contributed by atoms with E-state index < -0.39 is 0 Å². The van der Waals surface area contributed by atoms with Crippen LogP contribution >= 0.6 is 15.9 Å². The van der Waals surface area contributed by atoms with Gasteiger partial charge in [-0.05, 0) is 38.3 Å². The Hall–Kier alpha value is -0.940. The van der Waals surface area contributed by atoms with E-state index in [1.54, 1.807) is 6.07 Å². The quantitative estimate of drug-likeness (QED) is 0.609. The van der Waals surface area contributed by atoms with Crippen LogP contribution in [0.15, 0.2) is 22.7 Å².